The number of amides is 3. The molecular weight excluding hydrogens is 420 g/mol. The largest absolute Gasteiger partial charge is 0.487 e. The minimum absolute atomic E-state index is 0.0726. The number of nitrogens with one attached hydrogen (secondary N) is 1. The first-order chi connectivity index (χ1) is 15.7. The predicted octanol–water partition coefficient (Wildman–Crippen LogP) is 3.14. The van der Waals surface area contributed by atoms with Gasteiger partial charge in [-0.1, -0.05) is 25.1 Å². The zero-order valence-electron chi connectivity index (χ0n) is 20.0. The molecule has 2 aromatic rings. The molecule has 2 aromatic carbocycles. The molecule has 1 aliphatic rings. The van der Waals surface area contributed by atoms with Crippen LogP contribution in [0.15, 0.2) is 48.5 Å². The van der Waals surface area contributed by atoms with Crippen LogP contribution in [0.25, 0.3) is 0 Å². The highest BCUT2D eigenvalue weighted by molar-refractivity contribution is 5.98. The van der Waals surface area contributed by atoms with E-state index in [0.717, 1.165) is 11.4 Å². The Morgan fingerprint density at radius 2 is 1.91 bits per heavy atom. The molecule has 0 unspecified atom stereocenters. The van der Waals surface area contributed by atoms with Crippen molar-refractivity contribution in [2.75, 3.05) is 51.1 Å². The molecule has 0 radical (unpaired) electrons. The second kappa shape index (κ2) is 10.6. The van der Waals surface area contributed by atoms with Gasteiger partial charge in [-0.25, -0.2) is 4.79 Å². The van der Waals surface area contributed by atoms with Gasteiger partial charge >= 0.3 is 6.03 Å². The number of aliphatic hydroxyl groups is 1. The number of carbonyl (C=O) groups is 2. The SMILES string of the molecule is C[C@H]1CN([C@@H](C)CO)C(=O)c2cc(N(C)C)ccc2O[C@H]1CN(C)C(=O)Nc1ccccc1. The molecule has 8 nitrogen and oxygen atoms in total. The van der Waals surface area contributed by atoms with E-state index in [0.29, 0.717) is 24.4 Å². The molecule has 0 aromatic heterocycles. The molecule has 3 amide bonds. The van der Waals surface area contributed by atoms with Gasteiger partial charge in [-0.3, -0.25) is 4.79 Å². The number of aliphatic hydroxyl groups excluding tert-OH is 1. The number of likely N-dealkylation sites (N-methyl/N-ethyl adjacent to an activating group) is 1. The van der Waals surface area contributed by atoms with Gasteiger partial charge in [-0.2, -0.15) is 0 Å². The van der Waals surface area contributed by atoms with Crippen LogP contribution >= 0.6 is 0 Å². The Labute approximate surface area is 195 Å². The third kappa shape index (κ3) is 5.76. The van der Waals surface area contributed by atoms with E-state index < -0.39 is 0 Å². The Morgan fingerprint density at radius 3 is 2.55 bits per heavy atom. The molecule has 0 saturated heterocycles. The zero-order valence-corrected chi connectivity index (χ0v) is 20.0. The summed E-state index contributed by atoms with van der Waals surface area (Å²) < 4.78 is 6.34. The maximum absolute atomic E-state index is 13.4. The van der Waals surface area contributed by atoms with Gasteiger partial charge in [0.15, 0.2) is 0 Å². The fraction of sp³-hybridized carbons (Fsp3) is 0.440. The smallest absolute Gasteiger partial charge is 0.321 e. The van der Waals surface area contributed by atoms with E-state index in [-0.39, 0.29) is 36.6 Å². The second-order valence-corrected chi connectivity index (χ2v) is 8.87. The van der Waals surface area contributed by atoms with Gasteiger partial charge in [-0.05, 0) is 37.3 Å². The van der Waals surface area contributed by atoms with Crippen molar-refractivity contribution >= 4 is 23.3 Å². The molecule has 8 heteroatoms. The third-order valence-corrected chi connectivity index (χ3v) is 5.99. The van der Waals surface area contributed by atoms with E-state index in [1.807, 2.05) is 75.3 Å². The molecule has 1 aliphatic heterocycles. The van der Waals surface area contributed by atoms with Crippen LogP contribution in [0.3, 0.4) is 0 Å². The molecule has 1 heterocycles. The number of anilines is 2. The quantitative estimate of drug-likeness (QED) is 0.701. The Bertz CT molecular complexity index is 966. The summed E-state index contributed by atoms with van der Waals surface area (Å²) in [6, 6.07) is 14.2. The van der Waals surface area contributed by atoms with Crippen LogP contribution in [0.1, 0.15) is 24.2 Å². The number of ether oxygens (including phenoxy) is 1. The number of urea groups is 1. The minimum Gasteiger partial charge on any atom is -0.487 e. The Kier molecular flexibility index (Phi) is 7.81. The van der Waals surface area contributed by atoms with E-state index in [9.17, 15) is 14.7 Å². The number of rotatable bonds is 6. The van der Waals surface area contributed by atoms with Crippen LogP contribution in [0, 0.1) is 5.92 Å². The lowest BCUT2D eigenvalue weighted by Gasteiger charge is -2.38. The summed E-state index contributed by atoms with van der Waals surface area (Å²) in [4.78, 5) is 31.3. The van der Waals surface area contributed by atoms with Crippen molar-refractivity contribution in [3.05, 3.63) is 54.1 Å². The van der Waals surface area contributed by atoms with E-state index in [4.69, 9.17) is 4.74 Å². The summed E-state index contributed by atoms with van der Waals surface area (Å²) in [5.41, 5.74) is 2.05. The molecule has 2 N–H and O–H groups in total. The Hall–Kier alpha value is -3.26. The van der Waals surface area contributed by atoms with E-state index in [2.05, 4.69) is 5.32 Å². The van der Waals surface area contributed by atoms with Crippen molar-refractivity contribution < 1.29 is 19.4 Å². The fourth-order valence-corrected chi connectivity index (χ4v) is 3.80. The molecular formula is C25H34N4O4. The molecule has 0 fully saturated rings. The van der Waals surface area contributed by atoms with E-state index in [1.54, 1.807) is 22.9 Å². The molecule has 0 aliphatic carbocycles. The maximum Gasteiger partial charge on any atom is 0.321 e. The summed E-state index contributed by atoms with van der Waals surface area (Å²) in [7, 11) is 5.55. The first kappa shape index (κ1) is 24.4. The number of benzene rings is 2. The first-order valence-electron chi connectivity index (χ1n) is 11.2. The highest BCUT2D eigenvalue weighted by atomic mass is 16.5. The number of para-hydroxylation sites is 1. The van der Waals surface area contributed by atoms with Gasteiger partial charge < -0.3 is 29.9 Å². The number of nitrogens with zero attached hydrogens (tertiary/aromatic N) is 3. The first-order valence-corrected chi connectivity index (χ1v) is 11.2. The summed E-state index contributed by atoms with van der Waals surface area (Å²) in [6.07, 6.45) is -0.345. The lowest BCUT2D eigenvalue weighted by Crippen LogP contribution is -2.50. The van der Waals surface area contributed by atoms with Gasteiger partial charge in [0, 0.05) is 45.0 Å². The third-order valence-electron chi connectivity index (χ3n) is 5.99. The molecule has 178 valence electrons. The van der Waals surface area contributed by atoms with Gasteiger partial charge in [-0.15, -0.1) is 0 Å². The van der Waals surface area contributed by atoms with Crippen molar-refractivity contribution in [3.8, 4) is 5.75 Å². The number of hydrogen-bond donors (Lipinski definition) is 2. The van der Waals surface area contributed by atoms with Gasteiger partial charge in [0.05, 0.1) is 24.8 Å². The van der Waals surface area contributed by atoms with Crippen molar-refractivity contribution in [1.29, 1.82) is 0 Å². The minimum atomic E-state index is -0.345. The van der Waals surface area contributed by atoms with Gasteiger partial charge in [0.2, 0.25) is 0 Å². The number of hydrogen-bond acceptors (Lipinski definition) is 5. The standard InChI is InChI=1S/C25H34N4O4/c1-17-14-29(18(2)16-30)24(31)21-13-20(27(3)4)11-12-22(21)33-23(17)15-28(5)25(32)26-19-9-7-6-8-10-19/h6-13,17-18,23,30H,14-16H2,1-5H3,(H,26,32)/t17-,18-,23-/m0/s1. The molecule has 3 rings (SSSR count). The lowest BCUT2D eigenvalue weighted by molar-refractivity contribution is 0.0371. The van der Waals surface area contributed by atoms with Crippen LogP contribution in [0.5, 0.6) is 5.75 Å². The highest BCUT2D eigenvalue weighted by Gasteiger charge is 2.34. The van der Waals surface area contributed by atoms with Gasteiger partial charge in [0.1, 0.15) is 11.9 Å². The van der Waals surface area contributed by atoms with Crippen LogP contribution in [0.4, 0.5) is 16.2 Å². The molecule has 3 atom stereocenters. The lowest BCUT2D eigenvalue weighted by atomic mass is 9.99. The van der Waals surface area contributed by atoms with Crippen molar-refractivity contribution in [3.63, 3.8) is 0 Å². The average molecular weight is 455 g/mol. The van der Waals surface area contributed by atoms with Crippen LogP contribution in [-0.2, 0) is 0 Å². The van der Waals surface area contributed by atoms with Crippen molar-refractivity contribution in [2.45, 2.75) is 26.0 Å². The molecule has 0 spiro atoms. The van der Waals surface area contributed by atoms with Gasteiger partial charge in [0.25, 0.3) is 5.91 Å². The second-order valence-electron chi connectivity index (χ2n) is 8.87. The summed E-state index contributed by atoms with van der Waals surface area (Å²) in [5, 5.41) is 12.7. The number of carbonyl (C=O) groups excluding carboxylic acids is 2. The Balaban J connectivity index is 1.87. The average Bonchev–Trinajstić information content (AvgIpc) is 2.80. The highest BCUT2D eigenvalue weighted by Crippen LogP contribution is 2.31. The normalized spacial score (nSPS) is 19.0. The summed E-state index contributed by atoms with van der Waals surface area (Å²) in [5.74, 6) is 0.237. The Morgan fingerprint density at radius 1 is 1.21 bits per heavy atom. The topological polar surface area (TPSA) is 85.4 Å². The van der Waals surface area contributed by atoms with Crippen LogP contribution in [0.2, 0.25) is 0 Å². The molecule has 33 heavy (non-hydrogen) atoms. The monoisotopic (exact) mass is 454 g/mol. The van der Waals surface area contributed by atoms with Crippen molar-refractivity contribution in [1.82, 2.24) is 9.80 Å². The van der Waals surface area contributed by atoms with E-state index in [1.165, 1.54) is 0 Å². The van der Waals surface area contributed by atoms with Crippen molar-refractivity contribution in [2.24, 2.45) is 5.92 Å². The summed E-state index contributed by atoms with van der Waals surface area (Å²) in [6.45, 7) is 4.44. The van der Waals surface area contributed by atoms with Crippen LogP contribution < -0.4 is 15.0 Å². The summed E-state index contributed by atoms with van der Waals surface area (Å²) >= 11 is 0. The van der Waals surface area contributed by atoms with E-state index >= 15 is 0 Å². The number of fused-ring (bicyclic) bond motifs is 1. The fourth-order valence-electron chi connectivity index (χ4n) is 3.80. The van der Waals surface area contributed by atoms with Crippen LogP contribution in [-0.4, -0.2) is 79.8 Å². The molecule has 0 saturated carbocycles. The predicted molar refractivity (Wildman–Crippen MR) is 130 cm³/mol. The maximum atomic E-state index is 13.4. The zero-order chi connectivity index (χ0) is 24.1. The molecule has 0 bridgehead atoms.